The first-order chi connectivity index (χ1) is 12.3. The van der Waals surface area contributed by atoms with Crippen molar-refractivity contribution < 1.29 is 18.4 Å². The van der Waals surface area contributed by atoms with Gasteiger partial charge in [-0.3, -0.25) is 10.1 Å². The van der Waals surface area contributed by atoms with Crippen LogP contribution >= 0.6 is 11.3 Å². The van der Waals surface area contributed by atoms with E-state index in [0.29, 0.717) is 6.42 Å². The molecule has 1 atom stereocenters. The summed E-state index contributed by atoms with van der Waals surface area (Å²) in [5, 5.41) is 25.0. The third kappa shape index (κ3) is 3.71. The number of nitro groups is 1. The third-order valence-electron chi connectivity index (χ3n) is 3.95. The molecule has 0 aliphatic heterocycles. The minimum atomic E-state index is -3.55. The molecule has 0 saturated carbocycles. The fourth-order valence-electron chi connectivity index (χ4n) is 2.69. The number of aliphatic hydroxyl groups excluding tert-OH is 1. The Morgan fingerprint density at radius 2 is 2.12 bits per heavy atom. The van der Waals surface area contributed by atoms with Gasteiger partial charge in [-0.25, -0.2) is 8.42 Å². The van der Waals surface area contributed by atoms with Gasteiger partial charge in [-0.05, 0) is 18.1 Å². The number of sulfone groups is 1. The molecule has 0 radical (unpaired) electrons. The first-order valence-corrected chi connectivity index (χ1v) is 10.4. The van der Waals surface area contributed by atoms with E-state index in [1.54, 1.807) is 0 Å². The van der Waals surface area contributed by atoms with Gasteiger partial charge in [0.15, 0.2) is 14.8 Å². The number of aromatic nitrogens is 1. The lowest BCUT2D eigenvalue weighted by Gasteiger charge is -2.15. The Bertz CT molecular complexity index is 1050. The van der Waals surface area contributed by atoms with Crippen molar-refractivity contribution in [1.82, 2.24) is 4.98 Å². The van der Waals surface area contributed by atoms with E-state index in [0.717, 1.165) is 40.1 Å². The maximum Gasteiger partial charge on any atom is 0.304 e. The molecule has 0 amide bonds. The number of para-hydroxylation sites is 1. The van der Waals surface area contributed by atoms with E-state index in [1.807, 2.05) is 30.5 Å². The van der Waals surface area contributed by atoms with Crippen LogP contribution in [-0.2, 0) is 16.3 Å². The average molecular weight is 395 g/mol. The van der Waals surface area contributed by atoms with Crippen LogP contribution in [-0.4, -0.2) is 42.3 Å². The molecule has 0 bridgehead atoms. The molecule has 0 spiro atoms. The van der Waals surface area contributed by atoms with Crippen molar-refractivity contribution in [3.8, 4) is 0 Å². The largest absolute Gasteiger partial charge is 0.394 e. The van der Waals surface area contributed by atoms with Gasteiger partial charge in [0, 0.05) is 29.4 Å². The summed E-state index contributed by atoms with van der Waals surface area (Å²) < 4.78 is 23.3. The van der Waals surface area contributed by atoms with Crippen molar-refractivity contribution in [3.63, 3.8) is 0 Å². The van der Waals surface area contributed by atoms with Crippen LogP contribution < -0.4 is 5.32 Å². The zero-order valence-electron chi connectivity index (χ0n) is 13.8. The Labute approximate surface area is 153 Å². The predicted octanol–water partition coefficient (Wildman–Crippen LogP) is 2.56. The van der Waals surface area contributed by atoms with Gasteiger partial charge < -0.3 is 15.4 Å². The number of aliphatic hydroxyl groups is 1. The van der Waals surface area contributed by atoms with E-state index in [9.17, 15) is 23.6 Å². The van der Waals surface area contributed by atoms with Crippen LogP contribution in [0.4, 0.5) is 10.7 Å². The maximum atomic E-state index is 11.7. The highest BCUT2D eigenvalue weighted by molar-refractivity contribution is 7.92. The van der Waals surface area contributed by atoms with Gasteiger partial charge in [-0.15, -0.1) is 0 Å². The summed E-state index contributed by atoms with van der Waals surface area (Å²) in [6.07, 6.45) is 3.26. The molecule has 2 heterocycles. The zero-order chi connectivity index (χ0) is 18.9. The fraction of sp³-hybridized carbons (Fsp3) is 0.250. The zero-order valence-corrected chi connectivity index (χ0v) is 15.4. The summed E-state index contributed by atoms with van der Waals surface area (Å²) >= 11 is 0.795. The highest BCUT2D eigenvalue weighted by Gasteiger charge is 2.25. The van der Waals surface area contributed by atoms with Crippen molar-refractivity contribution in [2.45, 2.75) is 16.7 Å². The SMILES string of the molecule is CS(=O)(=O)c1cc([N+](=O)[O-])c(NC(CO)Cc2c[nH]c3ccccc23)s1. The Morgan fingerprint density at radius 3 is 2.77 bits per heavy atom. The second-order valence-electron chi connectivity index (χ2n) is 5.90. The Hall–Kier alpha value is -2.43. The molecule has 10 heteroatoms. The van der Waals surface area contributed by atoms with E-state index in [2.05, 4.69) is 10.3 Å². The molecular formula is C16H17N3O5S2. The van der Waals surface area contributed by atoms with Gasteiger partial charge in [0.25, 0.3) is 0 Å². The van der Waals surface area contributed by atoms with Crippen LogP contribution in [0.15, 0.2) is 40.7 Å². The van der Waals surface area contributed by atoms with E-state index in [1.165, 1.54) is 0 Å². The number of nitrogens with one attached hydrogen (secondary N) is 2. The Balaban J connectivity index is 1.88. The minimum Gasteiger partial charge on any atom is -0.394 e. The summed E-state index contributed by atoms with van der Waals surface area (Å²) in [4.78, 5) is 13.7. The second-order valence-corrected chi connectivity index (χ2v) is 9.19. The van der Waals surface area contributed by atoms with Gasteiger partial charge in [0.05, 0.1) is 17.6 Å². The van der Waals surface area contributed by atoms with Gasteiger partial charge in [-0.2, -0.15) is 0 Å². The molecule has 0 aliphatic rings. The standard InChI is InChI=1S/C16H17N3O5S2/c1-26(23,24)15-7-14(19(21)22)16(25-15)18-11(9-20)6-10-8-17-13-5-3-2-4-12(10)13/h2-5,7-8,11,17-18,20H,6,9H2,1H3. The summed E-state index contributed by atoms with van der Waals surface area (Å²) in [5.74, 6) is 0. The van der Waals surface area contributed by atoms with Crippen molar-refractivity contribution in [1.29, 1.82) is 0 Å². The number of thiophene rings is 1. The molecule has 1 aromatic carbocycles. The maximum absolute atomic E-state index is 11.7. The number of nitrogens with zero attached hydrogens (tertiary/aromatic N) is 1. The number of fused-ring (bicyclic) bond motifs is 1. The predicted molar refractivity (Wildman–Crippen MR) is 101 cm³/mol. The van der Waals surface area contributed by atoms with Gasteiger partial charge in [-0.1, -0.05) is 29.5 Å². The van der Waals surface area contributed by atoms with Crippen LogP contribution in [0.5, 0.6) is 0 Å². The smallest absolute Gasteiger partial charge is 0.304 e. The summed E-state index contributed by atoms with van der Waals surface area (Å²) in [6.45, 7) is -0.261. The van der Waals surface area contributed by atoms with E-state index in [-0.39, 0.29) is 21.5 Å². The molecule has 0 fully saturated rings. The average Bonchev–Trinajstić information content (AvgIpc) is 3.18. The van der Waals surface area contributed by atoms with E-state index in [4.69, 9.17) is 0 Å². The number of benzene rings is 1. The molecule has 3 rings (SSSR count). The number of hydrogen-bond acceptors (Lipinski definition) is 7. The van der Waals surface area contributed by atoms with Crippen LogP contribution in [0.1, 0.15) is 5.56 Å². The molecule has 0 aliphatic carbocycles. The molecule has 3 aromatic rings. The number of aromatic amines is 1. The lowest BCUT2D eigenvalue weighted by Crippen LogP contribution is -2.26. The number of hydrogen-bond donors (Lipinski definition) is 3. The monoisotopic (exact) mass is 395 g/mol. The normalized spacial score (nSPS) is 13.0. The lowest BCUT2D eigenvalue weighted by molar-refractivity contribution is -0.383. The third-order valence-corrected chi connectivity index (χ3v) is 6.81. The van der Waals surface area contributed by atoms with E-state index >= 15 is 0 Å². The van der Waals surface area contributed by atoms with E-state index < -0.39 is 20.8 Å². The molecule has 138 valence electrons. The fourth-order valence-corrected chi connectivity index (χ4v) is 4.71. The molecule has 3 N–H and O–H groups in total. The van der Waals surface area contributed by atoms with Crippen LogP contribution in [0.3, 0.4) is 0 Å². The summed E-state index contributed by atoms with van der Waals surface area (Å²) in [7, 11) is -3.55. The van der Waals surface area contributed by atoms with Gasteiger partial charge in [0.1, 0.15) is 4.21 Å². The Kier molecular flexibility index (Phi) is 4.99. The highest BCUT2D eigenvalue weighted by atomic mass is 32.2. The van der Waals surface area contributed by atoms with Crippen LogP contribution in [0, 0.1) is 10.1 Å². The highest BCUT2D eigenvalue weighted by Crippen LogP contribution is 2.37. The van der Waals surface area contributed by atoms with Crippen molar-refractivity contribution in [3.05, 3.63) is 52.2 Å². The van der Waals surface area contributed by atoms with Crippen LogP contribution in [0.2, 0.25) is 0 Å². The van der Waals surface area contributed by atoms with Crippen molar-refractivity contribution in [2.24, 2.45) is 0 Å². The summed E-state index contributed by atoms with van der Waals surface area (Å²) in [6, 6.07) is 8.24. The minimum absolute atomic E-state index is 0.0875. The molecule has 8 nitrogen and oxygen atoms in total. The van der Waals surface area contributed by atoms with Gasteiger partial charge >= 0.3 is 5.69 Å². The molecule has 1 unspecified atom stereocenters. The first kappa shape index (κ1) is 18.4. The molecule has 0 saturated heterocycles. The van der Waals surface area contributed by atoms with Gasteiger partial charge in [0.2, 0.25) is 0 Å². The number of rotatable bonds is 7. The van der Waals surface area contributed by atoms with Crippen molar-refractivity contribution in [2.75, 3.05) is 18.2 Å². The molecular weight excluding hydrogens is 378 g/mol. The molecule has 26 heavy (non-hydrogen) atoms. The lowest BCUT2D eigenvalue weighted by atomic mass is 10.1. The second kappa shape index (κ2) is 7.06. The Morgan fingerprint density at radius 1 is 1.38 bits per heavy atom. The van der Waals surface area contributed by atoms with Crippen molar-refractivity contribution >= 4 is 42.8 Å². The van der Waals surface area contributed by atoms with Crippen LogP contribution in [0.25, 0.3) is 10.9 Å². The number of H-pyrrole nitrogens is 1. The quantitative estimate of drug-likeness (QED) is 0.417. The topological polar surface area (TPSA) is 125 Å². The molecule has 2 aromatic heterocycles. The number of anilines is 1. The first-order valence-electron chi connectivity index (χ1n) is 7.70. The summed E-state index contributed by atoms with van der Waals surface area (Å²) in [5.41, 5.74) is 1.60.